The third-order valence-corrected chi connectivity index (χ3v) is 4.67. The summed E-state index contributed by atoms with van der Waals surface area (Å²) in [5.74, 6) is -0.711. The molecule has 0 bridgehead atoms. The summed E-state index contributed by atoms with van der Waals surface area (Å²) >= 11 is 1.32. The van der Waals surface area contributed by atoms with E-state index < -0.39 is 5.97 Å². The third kappa shape index (κ3) is 3.08. The number of carbonyl (C=O) groups is 1. The molecule has 0 atom stereocenters. The quantitative estimate of drug-likeness (QED) is 0.920. The average molecular weight is 282 g/mol. The Kier molecular flexibility index (Phi) is 3.85. The summed E-state index contributed by atoms with van der Waals surface area (Å²) in [6, 6.07) is 0. The number of nitrogens with zero attached hydrogens (tertiary/aromatic N) is 2. The summed E-state index contributed by atoms with van der Waals surface area (Å²) in [5.41, 5.74) is 1.00. The van der Waals surface area contributed by atoms with Crippen LogP contribution in [0, 0.1) is 5.41 Å². The summed E-state index contributed by atoms with van der Waals surface area (Å²) in [6.45, 7) is 10.4. The van der Waals surface area contributed by atoms with Crippen LogP contribution in [0.1, 0.15) is 61.8 Å². The second kappa shape index (κ2) is 5.12. The van der Waals surface area contributed by atoms with Crippen LogP contribution in [0.2, 0.25) is 0 Å². The zero-order chi connectivity index (χ0) is 14.2. The first-order chi connectivity index (χ1) is 8.80. The van der Waals surface area contributed by atoms with Crippen LogP contribution in [-0.2, 0) is 0 Å². The van der Waals surface area contributed by atoms with Crippen LogP contribution < -0.4 is 4.90 Å². The summed E-state index contributed by atoms with van der Waals surface area (Å²) in [7, 11) is 0. The molecule has 1 aliphatic heterocycles. The van der Waals surface area contributed by atoms with Gasteiger partial charge in [0.25, 0.3) is 0 Å². The maximum Gasteiger partial charge on any atom is 0.347 e. The predicted octanol–water partition coefficient (Wildman–Crippen LogP) is 3.59. The van der Waals surface area contributed by atoms with E-state index in [1.807, 2.05) is 13.8 Å². The molecule has 1 saturated heterocycles. The molecule has 1 fully saturated rings. The smallest absolute Gasteiger partial charge is 0.347 e. The molecule has 1 aromatic rings. The number of hydrogen-bond acceptors (Lipinski definition) is 4. The van der Waals surface area contributed by atoms with Crippen LogP contribution in [-0.4, -0.2) is 29.1 Å². The Labute approximate surface area is 118 Å². The summed E-state index contributed by atoms with van der Waals surface area (Å²) in [5, 5.41) is 10.2. The van der Waals surface area contributed by atoms with Crippen molar-refractivity contribution >= 4 is 22.4 Å². The van der Waals surface area contributed by atoms with Crippen molar-refractivity contribution in [1.82, 2.24) is 4.98 Å². The lowest BCUT2D eigenvalue weighted by molar-refractivity contribution is 0.0700. The molecule has 0 spiro atoms. The Hall–Kier alpha value is -1.10. The normalized spacial score (nSPS) is 18.9. The Balaban J connectivity index is 2.30. The minimum Gasteiger partial charge on any atom is -0.477 e. The number of carboxylic acids is 1. The largest absolute Gasteiger partial charge is 0.477 e. The summed E-state index contributed by atoms with van der Waals surface area (Å²) in [6.07, 6.45) is 2.36. The molecule has 0 aliphatic carbocycles. The lowest BCUT2D eigenvalue weighted by Gasteiger charge is -2.37. The van der Waals surface area contributed by atoms with Gasteiger partial charge in [0.2, 0.25) is 0 Å². The van der Waals surface area contributed by atoms with Gasteiger partial charge >= 0.3 is 5.97 Å². The van der Waals surface area contributed by atoms with Gasteiger partial charge in [-0.05, 0) is 24.2 Å². The van der Waals surface area contributed by atoms with E-state index in [-0.39, 0.29) is 11.3 Å². The molecule has 1 aromatic heterocycles. The van der Waals surface area contributed by atoms with E-state index in [0.29, 0.717) is 4.88 Å². The molecule has 0 unspecified atom stereocenters. The van der Waals surface area contributed by atoms with Crippen LogP contribution in [0.15, 0.2) is 0 Å². The van der Waals surface area contributed by atoms with E-state index in [1.54, 1.807) is 0 Å². The number of thiazole rings is 1. The maximum absolute atomic E-state index is 11.3. The van der Waals surface area contributed by atoms with Gasteiger partial charge in [0.1, 0.15) is 4.88 Å². The number of aromatic nitrogens is 1. The van der Waals surface area contributed by atoms with E-state index in [9.17, 15) is 9.90 Å². The van der Waals surface area contributed by atoms with Crippen molar-refractivity contribution in [3.05, 3.63) is 10.6 Å². The Bertz CT molecular complexity index is 480. The first kappa shape index (κ1) is 14.3. The van der Waals surface area contributed by atoms with Gasteiger partial charge in [-0.3, -0.25) is 0 Å². The molecule has 0 radical (unpaired) electrons. The lowest BCUT2D eigenvalue weighted by Crippen LogP contribution is -2.40. The van der Waals surface area contributed by atoms with Crippen LogP contribution >= 0.6 is 11.3 Å². The molecular weight excluding hydrogens is 260 g/mol. The van der Waals surface area contributed by atoms with E-state index in [1.165, 1.54) is 17.8 Å². The zero-order valence-electron chi connectivity index (χ0n) is 12.1. The molecule has 19 heavy (non-hydrogen) atoms. The SMILES string of the molecule is CC(C)c1nc(N2CCCC(C)(C)C2)sc1C(=O)O. The van der Waals surface area contributed by atoms with Crippen molar-refractivity contribution in [2.45, 2.75) is 46.5 Å². The highest BCUT2D eigenvalue weighted by molar-refractivity contribution is 7.17. The van der Waals surface area contributed by atoms with Gasteiger partial charge < -0.3 is 10.0 Å². The molecule has 0 saturated carbocycles. The molecule has 2 rings (SSSR count). The molecule has 5 heteroatoms. The fourth-order valence-corrected chi connectivity index (χ4v) is 3.67. The Morgan fingerprint density at radius 2 is 2.16 bits per heavy atom. The highest BCUT2D eigenvalue weighted by Crippen LogP contribution is 2.36. The minimum absolute atomic E-state index is 0.147. The Morgan fingerprint density at radius 1 is 1.47 bits per heavy atom. The van der Waals surface area contributed by atoms with Gasteiger partial charge in [-0.15, -0.1) is 0 Å². The summed E-state index contributed by atoms with van der Waals surface area (Å²) < 4.78 is 0. The first-order valence-electron chi connectivity index (χ1n) is 6.79. The topological polar surface area (TPSA) is 53.4 Å². The van der Waals surface area contributed by atoms with Gasteiger partial charge in [0.05, 0.1) is 5.69 Å². The van der Waals surface area contributed by atoms with E-state index in [2.05, 4.69) is 23.7 Å². The first-order valence-corrected chi connectivity index (χ1v) is 7.61. The molecule has 2 heterocycles. The van der Waals surface area contributed by atoms with E-state index in [0.717, 1.165) is 30.3 Å². The highest BCUT2D eigenvalue weighted by atomic mass is 32.1. The number of hydrogen-bond donors (Lipinski definition) is 1. The van der Waals surface area contributed by atoms with Crippen LogP contribution in [0.25, 0.3) is 0 Å². The highest BCUT2D eigenvalue weighted by Gasteiger charge is 2.29. The maximum atomic E-state index is 11.3. The van der Waals surface area contributed by atoms with Gasteiger partial charge in [-0.25, -0.2) is 9.78 Å². The van der Waals surface area contributed by atoms with Crippen molar-refractivity contribution in [3.63, 3.8) is 0 Å². The van der Waals surface area contributed by atoms with Gasteiger partial charge in [-0.1, -0.05) is 39.0 Å². The fraction of sp³-hybridized carbons (Fsp3) is 0.714. The van der Waals surface area contributed by atoms with Crippen molar-refractivity contribution < 1.29 is 9.90 Å². The second-order valence-corrected chi connectivity index (χ2v) is 7.34. The Morgan fingerprint density at radius 3 is 2.63 bits per heavy atom. The van der Waals surface area contributed by atoms with Gasteiger partial charge in [-0.2, -0.15) is 0 Å². The van der Waals surface area contributed by atoms with Gasteiger partial charge in [0.15, 0.2) is 5.13 Å². The number of piperidine rings is 1. The predicted molar refractivity (Wildman–Crippen MR) is 78.4 cm³/mol. The van der Waals surface area contributed by atoms with Crippen LogP contribution in [0.5, 0.6) is 0 Å². The zero-order valence-corrected chi connectivity index (χ0v) is 12.9. The number of anilines is 1. The molecule has 4 nitrogen and oxygen atoms in total. The minimum atomic E-state index is -0.858. The lowest BCUT2D eigenvalue weighted by atomic mass is 9.84. The average Bonchev–Trinajstić information content (AvgIpc) is 2.72. The summed E-state index contributed by atoms with van der Waals surface area (Å²) in [4.78, 5) is 18.5. The second-order valence-electron chi connectivity index (χ2n) is 6.36. The number of aromatic carboxylic acids is 1. The van der Waals surface area contributed by atoms with Crippen LogP contribution in [0.3, 0.4) is 0 Å². The molecule has 0 aromatic carbocycles. The standard InChI is InChI=1S/C14H22N2O2S/c1-9(2)10-11(12(17)18)19-13(15-10)16-7-5-6-14(3,4)8-16/h9H,5-8H2,1-4H3,(H,17,18). The van der Waals surface area contributed by atoms with Crippen molar-refractivity contribution in [2.75, 3.05) is 18.0 Å². The number of rotatable bonds is 3. The molecule has 106 valence electrons. The van der Waals surface area contributed by atoms with E-state index >= 15 is 0 Å². The molecular formula is C14H22N2O2S. The third-order valence-electron chi connectivity index (χ3n) is 3.55. The fourth-order valence-electron chi connectivity index (χ4n) is 2.59. The molecule has 0 amide bonds. The van der Waals surface area contributed by atoms with Crippen molar-refractivity contribution in [2.24, 2.45) is 5.41 Å². The van der Waals surface area contributed by atoms with Gasteiger partial charge in [0, 0.05) is 13.1 Å². The number of carboxylic acid groups (broad SMARTS) is 1. The van der Waals surface area contributed by atoms with Crippen molar-refractivity contribution in [3.8, 4) is 0 Å². The monoisotopic (exact) mass is 282 g/mol. The van der Waals surface area contributed by atoms with E-state index in [4.69, 9.17) is 0 Å². The molecule has 1 aliphatic rings. The van der Waals surface area contributed by atoms with Crippen LogP contribution in [0.4, 0.5) is 5.13 Å². The van der Waals surface area contributed by atoms with Crippen molar-refractivity contribution in [1.29, 1.82) is 0 Å². The molecule has 1 N–H and O–H groups in total.